The molecular formula is C26H29N3O4S. The first-order valence-electron chi connectivity index (χ1n) is 11.5. The summed E-state index contributed by atoms with van der Waals surface area (Å²) in [6, 6.07) is 11.5. The van der Waals surface area contributed by atoms with E-state index in [-0.39, 0.29) is 24.2 Å². The van der Waals surface area contributed by atoms with Gasteiger partial charge in [0, 0.05) is 41.2 Å². The van der Waals surface area contributed by atoms with Crippen LogP contribution < -0.4 is 4.90 Å². The third-order valence-corrected chi connectivity index (χ3v) is 7.28. The van der Waals surface area contributed by atoms with Crippen LogP contribution in [0.4, 0.5) is 5.82 Å². The van der Waals surface area contributed by atoms with Gasteiger partial charge in [-0.15, -0.1) is 11.3 Å². The van der Waals surface area contributed by atoms with Crippen LogP contribution in [0, 0.1) is 6.92 Å². The van der Waals surface area contributed by atoms with E-state index in [9.17, 15) is 14.4 Å². The van der Waals surface area contributed by atoms with Crippen molar-refractivity contribution in [3.05, 3.63) is 59.1 Å². The summed E-state index contributed by atoms with van der Waals surface area (Å²) in [4.78, 5) is 46.9. The second-order valence-corrected chi connectivity index (χ2v) is 9.60. The number of esters is 1. The highest BCUT2D eigenvalue weighted by atomic mass is 32.1. The van der Waals surface area contributed by atoms with E-state index in [0.29, 0.717) is 43.9 Å². The molecule has 34 heavy (non-hydrogen) atoms. The van der Waals surface area contributed by atoms with Crippen LogP contribution in [0.25, 0.3) is 10.1 Å². The molecule has 0 N–H and O–H groups in total. The number of ether oxygens (including phenoxy) is 1. The van der Waals surface area contributed by atoms with Crippen molar-refractivity contribution in [3.63, 3.8) is 0 Å². The van der Waals surface area contributed by atoms with Crippen LogP contribution >= 0.6 is 11.3 Å². The van der Waals surface area contributed by atoms with Crippen LogP contribution in [0.1, 0.15) is 49.0 Å². The van der Waals surface area contributed by atoms with Crippen molar-refractivity contribution >= 4 is 45.0 Å². The molecule has 0 aliphatic carbocycles. The number of carbonyl (C=O) groups is 3. The minimum absolute atomic E-state index is 0.136. The van der Waals surface area contributed by atoms with Crippen LogP contribution in [0.3, 0.4) is 0 Å². The van der Waals surface area contributed by atoms with E-state index >= 15 is 0 Å². The predicted molar refractivity (Wildman–Crippen MR) is 133 cm³/mol. The Labute approximate surface area is 203 Å². The molecule has 8 heteroatoms. The number of amides is 2. The van der Waals surface area contributed by atoms with Crippen LogP contribution in [-0.2, 0) is 14.3 Å². The molecule has 0 saturated carbocycles. The number of thiophene rings is 1. The molecule has 2 aromatic heterocycles. The second-order valence-electron chi connectivity index (χ2n) is 8.69. The van der Waals surface area contributed by atoms with Crippen LogP contribution in [0.15, 0.2) is 48.0 Å². The summed E-state index contributed by atoms with van der Waals surface area (Å²) in [6.07, 6.45) is 2.94. The zero-order valence-corrected chi connectivity index (χ0v) is 20.6. The van der Waals surface area contributed by atoms with Gasteiger partial charge in [0.2, 0.25) is 0 Å². The average molecular weight is 480 g/mol. The summed E-state index contributed by atoms with van der Waals surface area (Å²) in [5.41, 5.74) is 0.636. The summed E-state index contributed by atoms with van der Waals surface area (Å²) in [6.45, 7) is 6.67. The number of benzene rings is 1. The van der Waals surface area contributed by atoms with E-state index in [4.69, 9.17) is 4.74 Å². The summed E-state index contributed by atoms with van der Waals surface area (Å²) in [7, 11) is 0. The lowest BCUT2D eigenvalue weighted by Crippen LogP contribution is -2.68. The summed E-state index contributed by atoms with van der Waals surface area (Å²) < 4.78 is 6.07. The number of carbonyl (C=O) groups excluding carboxylic acids is 3. The first-order valence-corrected chi connectivity index (χ1v) is 12.4. The Bertz CT molecular complexity index is 1210. The quantitative estimate of drug-likeness (QED) is 0.442. The molecule has 1 unspecified atom stereocenters. The smallest absolute Gasteiger partial charge is 0.305 e. The van der Waals surface area contributed by atoms with Gasteiger partial charge in [0.1, 0.15) is 11.4 Å². The zero-order valence-electron chi connectivity index (χ0n) is 19.7. The number of likely N-dealkylation sites (tertiary alicyclic amines) is 1. The Hall–Kier alpha value is -3.26. The molecule has 7 nitrogen and oxygen atoms in total. The number of aromatic nitrogens is 1. The Morgan fingerprint density at radius 3 is 2.68 bits per heavy atom. The number of rotatable bonds is 8. The molecule has 1 aromatic carbocycles. The van der Waals surface area contributed by atoms with Gasteiger partial charge >= 0.3 is 5.97 Å². The van der Waals surface area contributed by atoms with Crippen molar-refractivity contribution in [2.75, 3.05) is 24.6 Å². The standard InChI is InChI=1S/C26H29N3O4S/c1-4-33-23(30)10-7-14-28(22-12-11-18(2)16-27-22)25(32)26(3)13-15-29(26)24(31)20-17-34-21-9-6-5-8-19(20)21/h5-6,8-9,11-12,16-17H,4,7,10,13-15H2,1-3H3. The number of hydrogen-bond acceptors (Lipinski definition) is 6. The van der Waals surface area contributed by atoms with E-state index < -0.39 is 5.54 Å². The van der Waals surface area contributed by atoms with E-state index in [1.165, 1.54) is 11.3 Å². The van der Waals surface area contributed by atoms with Gasteiger partial charge in [-0.05, 0) is 51.3 Å². The fourth-order valence-corrected chi connectivity index (χ4v) is 5.18. The molecule has 0 radical (unpaired) electrons. The van der Waals surface area contributed by atoms with Crippen molar-refractivity contribution < 1.29 is 19.1 Å². The first kappa shape index (κ1) is 23.9. The molecule has 1 aliphatic heterocycles. The maximum Gasteiger partial charge on any atom is 0.305 e. The minimum Gasteiger partial charge on any atom is -0.466 e. The largest absolute Gasteiger partial charge is 0.466 e. The molecule has 1 fully saturated rings. The molecule has 0 spiro atoms. The van der Waals surface area contributed by atoms with Crippen LogP contribution in [-0.4, -0.2) is 52.9 Å². The maximum absolute atomic E-state index is 13.9. The Morgan fingerprint density at radius 1 is 1.21 bits per heavy atom. The number of anilines is 1. The van der Waals surface area contributed by atoms with Gasteiger partial charge in [-0.2, -0.15) is 0 Å². The fourth-order valence-electron chi connectivity index (χ4n) is 4.24. The van der Waals surface area contributed by atoms with Crippen LogP contribution in [0.2, 0.25) is 0 Å². The number of pyridine rings is 1. The van der Waals surface area contributed by atoms with E-state index in [2.05, 4.69) is 4.98 Å². The molecule has 0 bridgehead atoms. The van der Waals surface area contributed by atoms with E-state index in [1.54, 1.807) is 29.0 Å². The number of nitrogens with zero attached hydrogens (tertiary/aromatic N) is 3. The van der Waals surface area contributed by atoms with Crippen molar-refractivity contribution in [1.82, 2.24) is 9.88 Å². The van der Waals surface area contributed by atoms with Gasteiger partial charge in [-0.25, -0.2) is 4.98 Å². The highest BCUT2D eigenvalue weighted by Crippen LogP contribution is 2.37. The van der Waals surface area contributed by atoms with Gasteiger partial charge < -0.3 is 9.64 Å². The first-order chi connectivity index (χ1) is 16.3. The van der Waals surface area contributed by atoms with E-state index in [0.717, 1.165) is 15.6 Å². The fraction of sp³-hybridized carbons (Fsp3) is 0.385. The summed E-state index contributed by atoms with van der Waals surface area (Å²) >= 11 is 1.53. The Balaban J connectivity index is 1.57. The monoisotopic (exact) mass is 479 g/mol. The highest BCUT2D eigenvalue weighted by Gasteiger charge is 2.51. The van der Waals surface area contributed by atoms with Crippen LogP contribution in [0.5, 0.6) is 0 Å². The molecule has 3 aromatic rings. The van der Waals surface area contributed by atoms with Gasteiger partial charge in [0.15, 0.2) is 0 Å². The maximum atomic E-state index is 13.9. The average Bonchev–Trinajstić information content (AvgIpc) is 3.25. The highest BCUT2D eigenvalue weighted by molar-refractivity contribution is 7.17. The summed E-state index contributed by atoms with van der Waals surface area (Å²) in [5, 5.41) is 2.78. The van der Waals surface area contributed by atoms with Gasteiger partial charge in [0.05, 0.1) is 12.2 Å². The lowest BCUT2D eigenvalue weighted by Gasteiger charge is -2.50. The molecule has 1 aliphatic rings. The van der Waals surface area contributed by atoms with Gasteiger partial charge in [-0.1, -0.05) is 24.3 Å². The van der Waals surface area contributed by atoms with Crippen molar-refractivity contribution in [1.29, 1.82) is 0 Å². The Morgan fingerprint density at radius 2 is 2.00 bits per heavy atom. The molecule has 178 valence electrons. The minimum atomic E-state index is -0.976. The SMILES string of the molecule is CCOC(=O)CCCN(C(=O)C1(C)CCN1C(=O)c1csc2ccccc12)c1ccc(C)cn1. The third kappa shape index (κ3) is 4.55. The van der Waals surface area contributed by atoms with Gasteiger partial charge in [-0.3, -0.25) is 19.3 Å². The predicted octanol–water partition coefficient (Wildman–Crippen LogP) is 4.59. The summed E-state index contributed by atoms with van der Waals surface area (Å²) in [5.74, 6) is -0.0986. The third-order valence-electron chi connectivity index (χ3n) is 6.32. The van der Waals surface area contributed by atoms with E-state index in [1.807, 2.05) is 49.6 Å². The van der Waals surface area contributed by atoms with Crippen molar-refractivity contribution in [3.8, 4) is 0 Å². The number of hydrogen-bond donors (Lipinski definition) is 0. The molecule has 4 rings (SSSR count). The molecule has 1 atom stereocenters. The zero-order chi connectivity index (χ0) is 24.3. The Kier molecular flexibility index (Phi) is 6.97. The van der Waals surface area contributed by atoms with Gasteiger partial charge in [0.25, 0.3) is 11.8 Å². The van der Waals surface area contributed by atoms with Crippen molar-refractivity contribution in [2.45, 2.75) is 45.6 Å². The molecule has 2 amide bonds. The topological polar surface area (TPSA) is 79.8 Å². The number of aryl methyl sites for hydroxylation is 1. The lowest BCUT2D eigenvalue weighted by atomic mass is 9.84. The van der Waals surface area contributed by atoms with Crippen molar-refractivity contribution in [2.24, 2.45) is 0 Å². The second kappa shape index (κ2) is 9.93. The number of fused-ring (bicyclic) bond motifs is 1. The normalized spacial score (nSPS) is 17.3. The lowest BCUT2D eigenvalue weighted by molar-refractivity contribution is -0.143. The molecular weight excluding hydrogens is 450 g/mol. The molecule has 1 saturated heterocycles. The molecule has 3 heterocycles.